The summed E-state index contributed by atoms with van der Waals surface area (Å²) in [6.07, 6.45) is 1.29. The van der Waals surface area contributed by atoms with Crippen LogP contribution in [0.4, 0.5) is 11.5 Å². The number of nitrogens with one attached hydrogen (secondary N) is 1. The van der Waals surface area contributed by atoms with Gasteiger partial charge >= 0.3 is 5.97 Å². The van der Waals surface area contributed by atoms with E-state index in [4.69, 9.17) is 10.8 Å². The highest BCUT2D eigenvalue weighted by Gasteiger charge is 2.11. The second kappa shape index (κ2) is 5.92. The van der Waals surface area contributed by atoms with Crippen LogP contribution in [0.25, 0.3) is 0 Å². The Balaban J connectivity index is 2.17. The van der Waals surface area contributed by atoms with Crippen LogP contribution in [0.2, 0.25) is 0 Å². The van der Waals surface area contributed by atoms with Crippen molar-refractivity contribution < 1.29 is 9.90 Å². The maximum absolute atomic E-state index is 10.8. The number of aromatic nitrogens is 1. The number of carboxylic acid groups (broad SMARTS) is 1. The van der Waals surface area contributed by atoms with Gasteiger partial charge in [-0.05, 0) is 30.7 Å². The number of nitrogens with zero attached hydrogens (tertiary/aromatic N) is 1. The number of nitrogen functional groups attached to an aromatic ring is 1. The van der Waals surface area contributed by atoms with Gasteiger partial charge in [-0.2, -0.15) is 0 Å². The molecule has 0 bridgehead atoms. The average molecular weight is 336 g/mol. The van der Waals surface area contributed by atoms with E-state index >= 15 is 0 Å². The van der Waals surface area contributed by atoms with Crippen molar-refractivity contribution in [3.8, 4) is 0 Å². The van der Waals surface area contributed by atoms with Crippen LogP contribution in [0.15, 0.2) is 41.0 Å². The SMILES string of the molecule is CC(Nc1ncc(C(=O)O)cc1N)c1ccc(Br)cc1. The summed E-state index contributed by atoms with van der Waals surface area (Å²) < 4.78 is 1.01. The highest BCUT2D eigenvalue weighted by molar-refractivity contribution is 9.10. The normalized spacial score (nSPS) is 11.9. The molecule has 0 fully saturated rings. The van der Waals surface area contributed by atoms with E-state index in [1.807, 2.05) is 31.2 Å². The summed E-state index contributed by atoms with van der Waals surface area (Å²) in [5, 5.41) is 12.0. The van der Waals surface area contributed by atoms with Crippen molar-refractivity contribution in [2.24, 2.45) is 0 Å². The maximum atomic E-state index is 10.8. The molecule has 0 saturated heterocycles. The molecule has 1 unspecified atom stereocenters. The summed E-state index contributed by atoms with van der Waals surface area (Å²) in [5.74, 6) is -0.567. The molecule has 1 aromatic carbocycles. The molecule has 1 aromatic heterocycles. The van der Waals surface area contributed by atoms with Gasteiger partial charge in [0.05, 0.1) is 17.3 Å². The lowest BCUT2D eigenvalue weighted by molar-refractivity contribution is 0.0696. The monoisotopic (exact) mass is 335 g/mol. The lowest BCUT2D eigenvalue weighted by atomic mass is 10.1. The summed E-state index contributed by atoms with van der Waals surface area (Å²) in [5.41, 5.74) is 7.28. The molecule has 2 rings (SSSR count). The number of aromatic carboxylic acids is 1. The standard InChI is InChI=1S/C14H14BrN3O2/c1-8(9-2-4-11(15)5-3-9)18-13-12(16)6-10(7-17-13)14(19)20/h2-8H,16H2,1H3,(H,17,18)(H,19,20). The van der Waals surface area contributed by atoms with Crippen LogP contribution in [0, 0.1) is 0 Å². The van der Waals surface area contributed by atoms with Gasteiger partial charge in [0.25, 0.3) is 0 Å². The predicted molar refractivity (Wildman–Crippen MR) is 81.8 cm³/mol. The molecule has 0 spiro atoms. The van der Waals surface area contributed by atoms with Crippen molar-refractivity contribution in [3.63, 3.8) is 0 Å². The average Bonchev–Trinajstić information content (AvgIpc) is 2.41. The minimum Gasteiger partial charge on any atom is -0.478 e. The molecule has 20 heavy (non-hydrogen) atoms. The summed E-state index contributed by atoms with van der Waals surface area (Å²) in [6, 6.07) is 9.29. The number of benzene rings is 1. The maximum Gasteiger partial charge on any atom is 0.337 e. The zero-order valence-corrected chi connectivity index (χ0v) is 12.4. The van der Waals surface area contributed by atoms with Crippen LogP contribution < -0.4 is 11.1 Å². The van der Waals surface area contributed by atoms with Crippen LogP contribution in [0.3, 0.4) is 0 Å². The van der Waals surface area contributed by atoms with Gasteiger partial charge in [0.15, 0.2) is 0 Å². The van der Waals surface area contributed by atoms with Crippen LogP contribution in [-0.2, 0) is 0 Å². The third kappa shape index (κ3) is 3.27. The lowest BCUT2D eigenvalue weighted by Crippen LogP contribution is -2.11. The third-order valence-corrected chi connectivity index (χ3v) is 3.42. The lowest BCUT2D eigenvalue weighted by Gasteiger charge is -2.16. The van der Waals surface area contributed by atoms with E-state index in [1.165, 1.54) is 12.3 Å². The predicted octanol–water partition coefficient (Wildman–Crippen LogP) is 3.30. The molecule has 1 atom stereocenters. The van der Waals surface area contributed by atoms with Crippen LogP contribution in [0.1, 0.15) is 28.9 Å². The number of halogens is 1. The largest absolute Gasteiger partial charge is 0.478 e. The molecule has 0 amide bonds. The molecule has 0 radical (unpaired) electrons. The smallest absolute Gasteiger partial charge is 0.337 e. The van der Waals surface area contributed by atoms with Gasteiger partial charge in [0, 0.05) is 10.7 Å². The minimum absolute atomic E-state index is 0.00794. The fourth-order valence-corrected chi connectivity index (χ4v) is 2.02. The molecule has 0 aliphatic heterocycles. The van der Waals surface area contributed by atoms with Crippen molar-refractivity contribution in [3.05, 3.63) is 52.1 Å². The molecule has 5 nitrogen and oxygen atoms in total. The molecule has 104 valence electrons. The molecular weight excluding hydrogens is 322 g/mol. The first-order valence-corrected chi connectivity index (χ1v) is 6.77. The Morgan fingerprint density at radius 1 is 1.40 bits per heavy atom. The number of pyridine rings is 1. The Bertz CT molecular complexity index is 629. The fourth-order valence-electron chi connectivity index (χ4n) is 1.76. The van der Waals surface area contributed by atoms with Crippen molar-refractivity contribution in [2.45, 2.75) is 13.0 Å². The second-order valence-electron chi connectivity index (χ2n) is 4.38. The Kier molecular flexibility index (Phi) is 4.24. The molecule has 2 aromatic rings. The summed E-state index contributed by atoms with van der Waals surface area (Å²) in [7, 11) is 0. The van der Waals surface area contributed by atoms with E-state index in [2.05, 4.69) is 26.2 Å². The van der Waals surface area contributed by atoms with Gasteiger partial charge in [0.1, 0.15) is 5.82 Å². The zero-order valence-electron chi connectivity index (χ0n) is 10.8. The zero-order chi connectivity index (χ0) is 14.7. The highest BCUT2D eigenvalue weighted by atomic mass is 79.9. The molecular formula is C14H14BrN3O2. The van der Waals surface area contributed by atoms with Gasteiger partial charge in [-0.15, -0.1) is 0 Å². The number of rotatable bonds is 4. The topological polar surface area (TPSA) is 88.2 Å². The van der Waals surface area contributed by atoms with Crippen molar-refractivity contribution in [2.75, 3.05) is 11.1 Å². The van der Waals surface area contributed by atoms with Crippen LogP contribution >= 0.6 is 15.9 Å². The molecule has 0 saturated carbocycles. The minimum atomic E-state index is -1.04. The van der Waals surface area contributed by atoms with Gasteiger partial charge < -0.3 is 16.2 Å². The van der Waals surface area contributed by atoms with E-state index < -0.39 is 5.97 Å². The number of carboxylic acids is 1. The van der Waals surface area contributed by atoms with Gasteiger partial charge in [-0.3, -0.25) is 0 Å². The number of anilines is 2. The van der Waals surface area contributed by atoms with E-state index in [-0.39, 0.29) is 11.6 Å². The number of hydrogen-bond acceptors (Lipinski definition) is 4. The Hall–Kier alpha value is -2.08. The molecule has 1 heterocycles. The third-order valence-electron chi connectivity index (χ3n) is 2.89. The van der Waals surface area contributed by atoms with Crippen molar-refractivity contribution in [1.29, 1.82) is 0 Å². The number of nitrogens with two attached hydrogens (primary N) is 1. The van der Waals surface area contributed by atoms with Crippen molar-refractivity contribution >= 4 is 33.4 Å². The molecule has 4 N–H and O–H groups in total. The second-order valence-corrected chi connectivity index (χ2v) is 5.30. The Morgan fingerprint density at radius 3 is 2.60 bits per heavy atom. The summed E-state index contributed by atoms with van der Waals surface area (Å²) in [4.78, 5) is 14.9. The fraction of sp³-hybridized carbons (Fsp3) is 0.143. The summed E-state index contributed by atoms with van der Waals surface area (Å²) >= 11 is 3.39. The van der Waals surface area contributed by atoms with E-state index in [1.54, 1.807) is 0 Å². The van der Waals surface area contributed by atoms with Crippen LogP contribution in [-0.4, -0.2) is 16.1 Å². The first kappa shape index (κ1) is 14.3. The van der Waals surface area contributed by atoms with Gasteiger partial charge in [-0.1, -0.05) is 28.1 Å². The quantitative estimate of drug-likeness (QED) is 0.797. The molecule has 0 aliphatic rings. The van der Waals surface area contributed by atoms with E-state index in [9.17, 15) is 4.79 Å². The first-order valence-electron chi connectivity index (χ1n) is 5.98. The molecule has 0 aliphatic carbocycles. The van der Waals surface area contributed by atoms with Crippen molar-refractivity contribution in [1.82, 2.24) is 4.98 Å². The number of carbonyl (C=O) groups is 1. The van der Waals surface area contributed by atoms with E-state index in [0.717, 1.165) is 10.0 Å². The Morgan fingerprint density at radius 2 is 2.05 bits per heavy atom. The van der Waals surface area contributed by atoms with Gasteiger partial charge in [-0.25, -0.2) is 9.78 Å². The van der Waals surface area contributed by atoms with Crippen LogP contribution in [0.5, 0.6) is 0 Å². The first-order chi connectivity index (χ1) is 9.47. The number of hydrogen-bond donors (Lipinski definition) is 3. The van der Waals surface area contributed by atoms with Gasteiger partial charge in [0.2, 0.25) is 0 Å². The molecule has 6 heteroatoms. The highest BCUT2D eigenvalue weighted by Crippen LogP contribution is 2.24. The Labute approximate surface area is 125 Å². The van der Waals surface area contributed by atoms with E-state index in [0.29, 0.717) is 11.5 Å². The summed E-state index contributed by atoms with van der Waals surface area (Å²) in [6.45, 7) is 1.98.